The van der Waals surface area contributed by atoms with Crippen LogP contribution in [0.2, 0.25) is 0 Å². The zero-order chi connectivity index (χ0) is 16.9. The third-order valence-corrected chi connectivity index (χ3v) is 3.49. The summed E-state index contributed by atoms with van der Waals surface area (Å²) in [5.41, 5.74) is 2.59. The molecule has 0 fully saturated rings. The average molecular weight is 328 g/mol. The molecular weight excluding hydrogens is 311 g/mol. The number of carbonyl (C=O) groups excluding carboxylic acids is 1. The molecule has 0 aliphatic rings. The van der Waals surface area contributed by atoms with Crippen molar-refractivity contribution >= 4 is 17.0 Å². The van der Waals surface area contributed by atoms with Crippen molar-refractivity contribution in [3.63, 3.8) is 0 Å². The largest absolute Gasteiger partial charge is 0.481 e. The van der Waals surface area contributed by atoms with Gasteiger partial charge in [0, 0.05) is 13.5 Å². The van der Waals surface area contributed by atoms with Crippen molar-refractivity contribution in [3.05, 3.63) is 59.7 Å². The second-order valence-electron chi connectivity index (χ2n) is 5.35. The molecule has 3 aromatic rings. The van der Waals surface area contributed by atoms with Crippen LogP contribution in [0.5, 0.6) is 5.75 Å². The molecule has 0 bridgehead atoms. The molecule has 0 saturated carbocycles. The molecule has 3 rings (SSSR count). The van der Waals surface area contributed by atoms with Gasteiger partial charge < -0.3 is 14.5 Å². The summed E-state index contributed by atoms with van der Waals surface area (Å²) in [6.07, 6.45) is 0.654. The Hall–Kier alpha value is -2.89. The summed E-state index contributed by atoms with van der Waals surface area (Å²) >= 11 is 0. The number of benzene rings is 2. The number of rotatable bonds is 6. The summed E-state index contributed by atoms with van der Waals surface area (Å²) in [7, 11) is 0. The lowest BCUT2D eigenvalue weighted by atomic mass is 10.1. The van der Waals surface area contributed by atoms with Gasteiger partial charge >= 0.3 is 0 Å². The third kappa shape index (κ3) is 3.90. The van der Waals surface area contributed by atoms with Crippen molar-refractivity contribution in [2.75, 3.05) is 13.2 Å². The number of fused-ring (bicyclic) bond motifs is 1. The first-order valence-electron chi connectivity index (χ1n) is 7.62. The second-order valence-corrected chi connectivity index (χ2v) is 5.35. The Labute approximate surface area is 138 Å². The number of halogens is 1. The van der Waals surface area contributed by atoms with Gasteiger partial charge in [-0.05, 0) is 36.2 Å². The monoisotopic (exact) mass is 328 g/mol. The molecule has 2 aromatic carbocycles. The van der Waals surface area contributed by atoms with Crippen molar-refractivity contribution in [1.29, 1.82) is 0 Å². The molecule has 24 heavy (non-hydrogen) atoms. The van der Waals surface area contributed by atoms with E-state index in [9.17, 15) is 9.18 Å². The van der Waals surface area contributed by atoms with Gasteiger partial charge in [0.15, 0.2) is 29.6 Å². The molecule has 0 atom stereocenters. The maximum Gasteiger partial charge on any atom is 0.257 e. The lowest BCUT2D eigenvalue weighted by Gasteiger charge is -2.08. The summed E-state index contributed by atoms with van der Waals surface area (Å²) in [5, 5.41) is 2.74. The van der Waals surface area contributed by atoms with E-state index in [2.05, 4.69) is 10.3 Å². The van der Waals surface area contributed by atoms with Crippen molar-refractivity contribution in [3.8, 4) is 5.75 Å². The van der Waals surface area contributed by atoms with Gasteiger partial charge in [0.2, 0.25) is 0 Å². The highest BCUT2D eigenvalue weighted by Crippen LogP contribution is 2.17. The minimum absolute atomic E-state index is 0.0683. The Balaban J connectivity index is 1.46. The van der Waals surface area contributed by atoms with Gasteiger partial charge in [0.1, 0.15) is 5.52 Å². The van der Waals surface area contributed by atoms with E-state index in [0.717, 1.165) is 16.7 Å². The van der Waals surface area contributed by atoms with Gasteiger partial charge in [-0.15, -0.1) is 0 Å². The Bertz CT molecular complexity index is 860. The van der Waals surface area contributed by atoms with Crippen LogP contribution in [-0.4, -0.2) is 24.0 Å². The van der Waals surface area contributed by atoms with Crippen LogP contribution in [0.1, 0.15) is 11.5 Å². The Morgan fingerprint density at radius 3 is 2.96 bits per heavy atom. The minimum Gasteiger partial charge on any atom is -0.481 e. The molecule has 1 amide bonds. The summed E-state index contributed by atoms with van der Waals surface area (Å²) in [4.78, 5) is 16.0. The number of para-hydroxylation sites is 1. The van der Waals surface area contributed by atoms with Crippen LogP contribution in [0.4, 0.5) is 4.39 Å². The van der Waals surface area contributed by atoms with Crippen molar-refractivity contribution in [2.24, 2.45) is 0 Å². The molecule has 0 unspecified atom stereocenters. The number of amides is 1. The summed E-state index contributed by atoms with van der Waals surface area (Å²) in [6.45, 7) is 2.04. The van der Waals surface area contributed by atoms with E-state index in [-0.39, 0.29) is 18.3 Å². The van der Waals surface area contributed by atoms with Crippen molar-refractivity contribution in [1.82, 2.24) is 10.3 Å². The summed E-state index contributed by atoms with van der Waals surface area (Å²) in [5.74, 6) is -0.0877. The molecule has 0 saturated heterocycles. The summed E-state index contributed by atoms with van der Waals surface area (Å²) < 4.78 is 24.0. The van der Waals surface area contributed by atoms with Crippen LogP contribution in [0.15, 0.2) is 46.9 Å². The number of hydrogen-bond donors (Lipinski definition) is 1. The molecule has 0 radical (unpaired) electrons. The molecule has 1 heterocycles. The van der Waals surface area contributed by atoms with Gasteiger partial charge in [-0.25, -0.2) is 9.37 Å². The van der Waals surface area contributed by atoms with Crippen LogP contribution in [-0.2, 0) is 11.2 Å². The number of nitrogens with zero attached hydrogens (tertiary/aromatic N) is 1. The molecule has 0 aliphatic carbocycles. The van der Waals surface area contributed by atoms with Gasteiger partial charge in [-0.1, -0.05) is 18.2 Å². The topological polar surface area (TPSA) is 64.4 Å². The first-order chi connectivity index (χ1) is 11.6. The molecule has 1 N–H and O–H groups in total. The maximum atomic E-state index is 13.4. The molecule has 5 nitrogen and oxygen atoms in total. The van der Waals surface area contributed by atoms with Gasteiger partial charge in [-0.3, -0.25) is 4.79 Å². The quantitative estimate of drug-likeness (QED) is 0.755. The number of nitrogens with one attached hydrogen (secondary N) is 1. The van der Waals surface area contributed by atoms with Crippen LogP contribution in [0.3, 0.4) is 0 Å². The molecule has 124 valence electrons. The molecule has 0 aliphatic heterocycles. The average Bonchev–Trinajstić information content (AvgIpc) is 2.93. The predicted octanol–water partition coefficient (Wildman–Crippen LogP) is 3.01. The first-order valence-corrected chi connectivity index (χ1v) is 7.62. The van der Waals surface area contributed by atoms with E-state index in [1.54, 1.807) is 19.1 Å². The minimum atomic E-state index is -0.485. The van der Waals surface area contributed by atoms with E-state index in [1.807, 2.05) is 18.2 Å². The fourth-order valence-corrected chi connectivity index (χ4v) is 2.34. The maximum absolute atomic E-state index is 13.4. The first kappa shape index (κ1) is 16.0. The van der Waals surface area contributed by atoms with E-state index in [1.165, 1.54) is 12.1 Å². The van der Waals surface area contributed by atoms with Crippen LogP contribution in [0, 0.1) is 12.7 Å². The van der Waals surface area contributed by atoms with Gasteiger partial charge in [0.05, 0.1) is 0 Å². The zero-order valence-corrected chi connectivity index (χ0v) is 13.2. The van der Waals surface area contributed by atoms with E-state index in [0.29, 0.717) is 18.9 Å². The van der Waals surface area contributed by atoms with Crippen LogP contribution < -0.4 is 10.1 Å². The van der Waals surface area contributed by atoms with E-state index < -0.39 is 5.82 Å². The standard InChI is InChI=1S/C18H17FN2O3/c1-12-21-15-7-6-13(10-17(15)24-12)8-9-20-18(22)11-23-16-5-3-2-4-14(16)19/h2-7,10H,8-9,11H2,1H3,(H,20,22). The zero-order valence-electron chi connectivity index (χ0n) is 13.2. The van der Waals surface area contributed by atoms with E-state index in [4.69, 9.17) is 9.15 Å². The Morgan fingerprint density at radius 1 is 1.29 bits per heavy atom. The SMILES string of the molecule is Cc1nc2ccc(CCNC(=O)COc3ccccc3F)cc2o1. The fourth-order valence-electron chi connectivity index (χ4n) is 2.34. The molecular formula is C18H17FN2O3. The van der Waals surface area contributed by atoms with Crippen molar-refractivity contribution < 1.29 is 18.3 Å². The molecule has 6 heteroatoms. The third-order valence-electron chi connectivity index (χ3n) is 3.49. The normalized spacial score (nSPS) is 10.8. The number of oxazole rings is 1. The lowest BCUT2D eigenvalue weighted by molar-refractivity contribution is -0.123. The van der Waals surface area contributed by atoms with Crippen LogP contribution >= 0.6 is 0 Å². The number of aromatic nitrogens is 1. The predicted molar refractivity (Wildman–Crippen MR) is 87.4 cm³/mol. The number of hydrogen-bond acceptors (Lipinski definition) is 4. The fraction of sp³-hybridized carbons (Fsp3) is 0.222. The number of aryl methyl sites for hydroxylation is 1. The Kier molecular flexibility index (Phi) is 4.74. The highest BCUT2D eigenvalue weighted by atomic mass is 19.1. The van der Waals surface area contributed by atoms with Crippen LogP contribution in [0.25, 0.3) is 11.1 Å². The van der Waals surface area contributed by atoms with Crippen molar-refractivity contribution in [2.45, 2.75) is 13.3 Å². The van der Waals surface area contributed by atoms with E-state index >= 15 is 0 Å². The number of ether oxygens (including phenoxy) is 1. The smallest absolute Gasteiger partial charge is 0.257 e. The highest BCUT2D eigenvalue weighted by Gasteiger charge is 2.07. The van der Waals surface area contributed by atoms with Gasteiger partial charge in [-0.2, -0.15) is 0 Å². The Morgan fingerprint density at radius 2 is 2.12 bits per heavy atom. The lowest BCUT2D eigenvalue weighted by Crippen LogP contribution is -2.30. The highest BCUT2D eigenvalue weighted by molar-refractivity contribution is 5.77. The van der Waals surface area contributed by atoms with Gasteiger partial charge in [0.25, 0.3) is 5.91 Å². The second kappa shape index (κ2) is 7.12. The molecule has 0 spiro atoms. The summed E-state index contributed by atoms with van der Waals surface area (Å²) in [6, 6.07) is 11.7. The number of carbonyl (C=O) groups is 1. The molecule has 1 aromatic heterocycles.